The Morgan fingerprint density at radius 1 is 0.586 bits per heavy atom. The number of hydrogen-bond donors (Lipinski definition) is 0. The van der Waals surface area contributed by atoms with Gasteiger partial charge in [-0.15, -0.1) is 0 Å². The Hall–Kier alpha value is -0.200. The fourth-order valence-corrected chi connectivity index (χ4v) is 6.18. The molecule has 5 nitrogen and oxygen atoms in total. The van der Waals surface area contributed by atoms with Crippen LogP contribution in [-0.2, 0) is 14.2 Å². The van der Waals surface area contributed by atoms with E-state index in [0.717, 1.165) is 56.8 Å². The molecule has 0 bridgehead atoms. The predicted octanol–water partition coefficient (Wildman–Crippen LogP) is 3.31. The van der Waals surface area contributed by atoms with E-state index in [-0.39, 0.29) is 0 Å². The van der Waals surface area contributed by atoms with Gasteiger partial charge in [0.15, 0.2) is 0 Å². The molecule has 0 aromatic heterocycles. The predicted molar refractivity (Wildman–Crippen MR) is 114 cm³/mol. The molecule has 3 unspecified atom stereocenters. The molecule has 5 heteroatoms. The van der Waals surface area contributed by atoms with Crippen molar-refractivity contribution in [2.24, 2.45) is 11.8 Å². The molecule has 3 saturated heterocycles. The first-order chi connectivity index (χ1) is 14.3. The summed E-state index contributed by atoms with van der Waals surface area (Å²) in [5.74, 6) is 1.96. The Labute approximate surface area is 177 Å². The molecule has 0 spiro atoms. The second-order valence-corrected chi connectivity index (χ2v) is 10.5. The molecule has 166 valence electrons. The van der Waals surface area contributed by atoms with Crippen LogP contribution in [0.4, 0.5) is 0 Å². The van der Waals surface area contributed by atoms with Gasteiger partial charge in [-0.3, -0.25) is 9.80 Å². The summed E-state index contributed by atoms with van der Waals surface area (Å²) in [4.78, 5) is 5.40. The van der Waals surface area contributed by atoms with Crippen LogP contribution in [0.1, 0.15) is 64.7 Å². The van der Waals surface area contributed by atoms with Crippen LogP contribution in [-0.4, -0.2) is 86.2 Å². The van der Waals surface area contributed by atoms with E-state index in [9.17, 15) is 0 Å². The van der Waals surface area contributed by atoms with Crippen LogP contribution >= 0.6 is 0 Å². The van der Waals surface area contributed by atoms with Crippen LogP contribution < -0.4 is 0 Å². The Bertz CT molecular complexity index is 490. The maximum absolute atomic E-state index is 5.52. The molecule has 0 aromatic carbocycles. The molecule has 0 aromatic rings. The molecule has 0 N–H and O–H groups in total. The Morgan fingerprint density at radius 2 is 0.966 bits per heavy atom. The smallest absolute Gasteiger partial charge is 0.0936 e. The third kappa shape index (κ3) is 6.16. The molecule has 5 rings (SSSR count). The number of rotatable bonds is 11. The molecule has 3 atom stereocenters. The average molecular weight is 407 g/mol. The van der Waals surface area contributed by atoms with Gasteiger partial charge in [0.25, 0.3) is 0 Å². The van der Waals surface area contributed by atoms with Crippen LogP contribution in [0.25, 0.3) is 0 Å². The van der Waals surface area contributed by atoms with E-state index in [1.54, 1.807) is 0 Å². The fourth-order valence-electron chi connectivity index (χ4n) is 6.18. The standard InChI is InChI=1S/C24H42N2O3/c1-2-25(12-22-15-27-22)20-7-3-18(4-8-20)11-19-5-9-21(10-6-19)26(13-23-16-28-23)14-24-17-29-24/h18-24H,2-17H2,1H3. The van der Waals surface area contributed by atoms with E-state index in [1.165, 1.54) is 70.9 Å². The van der Waals surface area contributed by atoms with E-state index in [1.807, 2.05) is 0 Å². The molecule has 0 amide bonds. The van der Waals surface area contributed by atoms with Crippen LogP contribution in [0.2, 0.25) is 0 Å². The van der Waals surface area contributed by atoms with Gasteiger partial charge in [-0.1, -0.05) is 6.92 Å². The van der Waals surface area contributed by atoms with Crippen LogP contribution in [0, 0.1) is 11.8 Å². The average Bonchev–Trinajstić information content (AvgIpc) is 3.60. The van der Waals surface area contributed by atoms with Crippen molar-refractivity contribution < 1.29 is 14.2 Å². The number of hydrogen-bond acceptors (Lipinski definition) is 5. The number of likely N-dealkylation sites (N-methyl/N-ethyl adjacent to an activating group) is 1. The Morgan fingerprint density at radius 3 is 1.34 bits per heavy atom. The topological polar surface area (TPSA) is 44.1 Å². The highest BCUT2D eigenvalue weighted by Gasteiger charge is 2.36. The lowest BCUT2D eigenvalue weighted by Gasteiger charge is -2.39. The summed E-state index contributed by atoms with van der Waals surface area (Å²) in [5.41, 5.74) is 0. The van der Waals surface area contributed by atoms with Gasteiger partial charge < -0.3 is 14.2 Å². The van der Waals surface area contributed by atoms with Gasteiger partial charge in [0.1, 0.15) is 0 Å². The molecule has 2 saturated carbocycles. The highest BCUT2D eigenvalue weighted by Crippen LogP contribution is 2.38. The maximum Gasteiger partial charge on any atom is 0.0936 e. The second-order valence-electron chi connectivity index (χ2n) is 10.5. The van der Waals surface area contributed by atoms with Crippen LogP contribution in [0.15, 0.2) is 0 Å². The number of nitrogens with zero attached hydrogens (tertiary/aromatic N) is 2. The van der Waals surface area contributed by atoms with Gasteiger partial charge in [-0.05, 0) is 76.2 Å². The van der Waals surface area contributed by atoms with Crippen LogP contribution in [0.5, 0.6) is 0 Å². The maximum atomic E-state index is 5.52. The lowest BCUT2D eigenvalue weighted by molar-refractivity contribution is 0.0978. The summed E-state index contributed by atoms with van der Waals surface area (Å²) in [6.07, 6.45) is 14.5. The van der Waals surface area contributed by atoms with Crippen molar-refractivity contribution in [3.63, 3.8) is 0 Å². The zero-order valence-electron chi connectivity index (χ0n) is 18.5. The zero-order valence-corrected chi connectivity index (χ0v) is 18.5. The monoisotopic (exact) mass is 406 g/mol. The first-order valence-electron chi connectivity index (χ1n) is 12.6. The quantitative estimate of drug-likeness (QED) is 0.493. The molecule has 3 aliphatic heterocycles. The summed E-state index contributed by atoms with van der Waals surface area (Å²) in [6, 6.07) is 1.59. The molecule has 2 aliphatic carbocycles. The van der Waals surface area contributed by atoms with E-state index in [4.69, 9.17) is 14.2 Å². The second kappa shape index (κ2) is 9.52. The number of epoxide rings is 3. The Kier molecular flexibility index (Phi) is 6.79. The van der Waals surface area contributed by atoms with Crippen molar-refractivity contribution in [2.45, 2.75) is 95.1 Å². The van der Waals surface area contributed by atoms with Crippen molar-refractivity contribution >= 4 is 0 Å². The van der Waals surface area contributed by atoms with E-state index >= 15 is 0 Å². The minimum absolute atomic E-state index is 0.510. The van der Waals surface area contributed by atoms with Crippen molar-refractivity contribution in [3.8, 4) is 0 Å². The van der Waals surface area contributed by atoms with Crippen LogP contribution in [0.3, 0.4) is 0 Å². The first-order valence-corrected chi connectivity index (χ1v) is 12.6. The largest absolute Gasteiger partial charge is 0.372 e. The lowest BCUT2D eigenvalue weighted by Crippen LogP contribution is -2.43. The minimum atomic E-state index is 0.510. The SMILES string of the molecule is CCN(CC1CO1)C1CCC(CC2CCC(N(CC3CO3)CC3CO3)CC2)CC1. The van der Waals surface area contributed by atoms with Crippen molar-refractivity contribution in [1.82, 2.24) is 9.80 Å². The highest BCUT2D eigenvalue weighted by atomic mass is 16.6. The summed E-state index contributed by atoms with van der Waals surface area (Å²) in [6.45, 7) is 9.90. The molecule has 5 aliphatic rings. The summed E-state index contributed by atoms with van der Waals surface area (Å²) < 4.78 is 16.5. The van der Waals surface area contributed by atoms with Crippen molar-refractivity contribution in [3.05, 3.63) is 0 Å². The van der Waals surface area contributed by atoms with E-state index in [2.05, 4.69) is 16.7 Å². The molecule has 0 radical (unpaired) electrons. The fraction of sp³-hybridized carbons (Fsp3) is 1.00. The zero-order chi connectivity index (χ0) is 19.6. The third-order valence-corrected chi connectivity index (χ3v) is 8.26. The first kappa shape index (κ1) is 20.7. The van der Waals surface area contributed by atoms with Gasteiger partial charge in [0.2, 0.25) is 0 Å². The molecule has 29 heavy (non-hydrogen) atoms. The van der Waals surface area contributed by atoms with Gasteiger partial charge >= 0.3 is 0 Å². The highest BCUT2D eigenvalue weighted by molar-refractivity contribution is 4.89. The summed E-state index contributed by atoms with van der Waals surface area (Å²) in [5, 5.41) is 0. The van der Waals surface area contributed by atoms with E-state index < -0.39 is 0 Å². The van der Waals surface area contributed by atoms with Gasteiger partial charge in [-0.25, -0.2) is 0 Å². The van der Waals surface area contributed by atoms with Gasteiger partial charge in [0.05, 0.1) is 38.1 Å². The lowest BCUT2D eigenvalue weighted by atomic mass is 9.75. The van der Waals surface area contributed by atoms with Crippen molar-refractivity contribution in [1.29, 1.82) is 0 Å². The summed E-state index contributed by atoms with van der Waals surface area (Å²) >= 11 is 0. The Balaban J connectivity index is 1.02. The minimum Gasteiger partial charge on any atom is -0.372 e. The molecule has 3 heterocycles. The van der Waals surface area contributed by atoms with Gasteiger partial charge in [-0.2, -0.15) is 0 Å². The molecular weight excluding hydrogens is 364 g/mol. The third-order valence-electron chi connectivity index (χ3n) is 8.26. The van der Waals surface area contributed by atoms with E-state index in [0.29, 0.717) is 18.3 Å². The van der Waals surface area contributed by atoms with Crippen molar-refractivity contribution in [2.75, 3.05) is 46.0 Å². The summed E-state index contributed by atoms with van der Waals surface area (Å²) in [7, 11) is 0. The number of ether oxygens (including phenoxy) is 3. The molecule has 5 fully saturated rings. The van der Waals surface area contributed by atoms with Gasteiger partial charge in [0, 0.05) is 31.7 Å². The normalized spacial score (nSPS) is 41.7. The molecular formula is C24H42N2O3.